The molecule has 0 spiro atoms. The van der Waals surface area contributed by atoms with Gasteiger partial charge in [0.05, 0.1) is 11.7 Å². The molecule has 5 heteroatoms. The Morgan fingerprint density at radius 2 is 1.90 bits per heavy atom. The largest absolute Gasteiger partial charge is 0.354 e. The average molecular weight is 292 g/mol. The minimum atomic E-state index is -0.247. The van der Waals surface area contributed by atoms with Crippen LogP contribution in [-0.4, -0.2) is 31.5 Å². The second kappa shape index (κ2) is 7.50. The highest BCUT2D eigenvalue weighted by Gasteiger charge is 2.15. The number of nitrogens with zero attached hydrogens (tertiary/aromatic N) is 1. The van der Waals surface area contributed by atoms with E-state index in [0.717, 1.165) is 16.3 Å². The summed E-state index contributed by atoms with van der Waals surface area (Å²) in [7, 11) is 3.28. The second-order valence-electron chi connectivity index (χ2n) is 4.50. The molecule has 1 aromatic carbocycles. The van der Waals surface area contributed by atoms with Gasteiger partial charge in [-0.2, -0.15) is 0 Å². The van der Waals surface area contributed by atoms with Crippen LogP contribution in [0.25, 0.3) is 11.3 Å². The molecule has 1 heterocycles. The third-order valence-corrected chi connectivity index (χ3v) is 3.92. The van der Waals surface area contributed by atoms with E-state index in [4.69, 9.17) is 9.47 Å². The minimum Gasteiger partial charge on any atom is -0.354 e. The summed E-state index contributed by atoms with van der Waals surface area (Å²) in [6, 6.07) is 10.3. The van der Waals surface area contributed by atoms with Gasteiger partial charge < -0.3 is 14.8 Å². The fourth-order valence-corrected chi connectivity index (χ4v) is 2.74. The van der Waals surface area contributed by atoms with Crippen molar-refractivity contribution in [2.75, 3.05) is 14.2 Å². The van der Waals surface area contributed by atoms with Gasteiger partial charge in [-0.15, -0.1) is 11.3 Å². The summed E-state index contributed by atoms with van der Waals surface area (Å²) in [6.07, 6.45) is -0.247. The molecule has 0 aliphatic rings. The predicted molar refractivity (Wildman–Crippen MR) is 81.7 cm³/mol. The maximum Gasteiger partial charge on any atom is 0.171 e. The lowest BCUT2D eigenvalue weighted by atomic mass is 10.2. The fourth-order valence-electron chi connectivity index (χ4n) is 1.98. The Kier molecular flexibility index (Phi) is 5.67. The summed E-state index contributed by atoms with van der Waals surface area (Å²) < 4.78 is 10.4. The van der Waals surface area contributed by atoms with E-state index in [-0.39, 0.29) is 12.3 Å². The van der Waals surface area contributed by atoms with Gasteiger partial charge in [0.2, 0.25) is 0 Å². The highest BCUT2D eigenvalue weighted by Crippen LogP contribution is 2.21. The van der Waals surface area contributed by atoms with E-state index in [1.165, 1.54) is 0 Å². The molecule has 0 bridgehead atoms. The van der Waals surface area contributed by atoms with E-state index >= 15 is 0 Å². The summed E-state index contributed by atoms with van der Waals surface area (Å²) in [6.45, 7) is 2.74. The van der Waals surface area contributed by atoms with Crippen LogP contribution in [0, 0.1) is 0 Å². The standard InChI is InChI=1S/C15H20N2O2S/c1-11(15(18-2)19-3)16-9-14-17-13(10-20-14)12-7-5-4-6-8-12/h4-8,10-11,15-16H,9H2,1-3H3. The number of thiazole rings is 1. The maximum absolute atomic E-state index is 5.22. The van der Waals surface area contributed by atoms with E-state index in [0.29, 0.717) is 6.54 Å². The van der Waals surface area contributed by atoms with Crippen molar-refractivity contribution in [3.05, 3.63) is 40.7 Å². The molecular formula is C15H20N2O2S. The number of aromatic nitrogens is 1. The highest BCUT2D eigenvalue weighted by atomic mass is 32.1. The number of methoxy groups -OCH3 is 2. The quantitative estimate of drug-likeness (QED) is 0.797. The van der Waals surface area contributed by atoms with Crippen LogP contribution in [-0.2, 0) is 16.0 Å². The Hall–Kier alpha value is -1.27. The van der Waals surface area contributed by atoms with E-state index in [2.05, 4.69) is 27.8 Å². The zero-order valence-corrected chi connectivity index (χ0v) is 12.8. The Balaban J connectivity index is 1.94. The summed E-state index contributed by atoms with van der Waals surface area (Å²) >= 11 is 1.66. The lowest BCUT2D eigenvalue weighted by molar-refractivity contribution is -0.119. The third kappa shape index (κ3) is 3.86. The lowest BCUT2D eigenvalue weighted by Crippen LogP contribution is -2.39. The predicted octanol–water partition coefficient (Wildman–Crippen LogP) is 2.91. The van der Waals surface area contributed by atoms with E-state index < -0.39 is 0 Å². The number of ether oxygens (including phenoxy) is 2. The average Bonchev–Trinajstić information content (AvgIpc) is 2.96. The molecule has 2 rings (SSSR count). The Morgan fingerprint density at radius 1 is 1.20 bits per heavy atom. The van der Waals surface area contributed by atoms with Gasteiger partial charge in [0.15, 0.2) is 6.29 Å². The van der Waals surface area contributed by atoms with Gasteiger partial charge in [-0.05, 0) is 6.92 Å². The van der Waals surface area contributed by atoms with Crippen LogP contribution in [0.1, 0.15) is 11.9 Å². The van der Waals surface area contributed by atoms with Crippen molar-refractivity contribution in [2.24, 2.45) is 0 Å². The summed E-state index contributed by atoms with van der Waals surface area (Å²) in [5.74, 6) is 0. The molecule has 20 heavy (non-hydrogen) atoms. The van der Waals surface area contributed by atoms with Crippen LogP contribution in [0.4, 0.5) is 0 Å². The molecule has 1 N–H and O–H groups in total. The van der Waals surface area contributed by atoms with Crippen molar-refractivity contribution in [3.8, 4) is 11.3 Å². The zero-order valence-electron chi connectivity index (χ0n) is 12.0. The van der Waals surface area contributed by atoms with Gasteiger partial charge in [-0.1, -0.05) is 30.3 Å². The Bertz CT molecular complexity index is 512. The fraction of sp³-hybridized carbons (Fsp3) is 0.400. The van der Waals surface area contributed by atoms with Crippen molar-refractivity contribution in [3.63, 3.8) is 0 Å². The molecule has 0 radical (unpaired) electrons. The van der Waals surface area contributed by atoms with Gasteiger partial charge >= 0.3 is 0 Å². The normalized spacial score (nSPS) is 12.8. The number of benzene rings is 1. The van der Waals surface area contributed by atoms with Gasteiger partial charge in [0.25, 0.3) is 0 Å². The SMILES string of the molecule is COC(OC)C(C)NCc1nc(-c2ccccc2)cs1. The molecule has 0 fully saturated rings. The molecule has 4 nitrogen and oxygen atoms in total. The molecule has 1 atom stereocenters. The maximum atomic E-state index is 5.22. The first kappa shape index (κ1) is 15.1. The van der Waals surface area contributed by atoms with Crippen LogP contribution in [0.2, 0.25) is 0 Å². The molecule has 2 aromatic rings. The summed E-state index contributed by atoms with van der Waals surface area (Å²) in [5, 5.41) is 6.51. The van der Waals surface area contributed by atoms with Crippen LogP contribution in [0.3, 0.4) is 0 Å². The molecular weight excluding hydrogens is 272 g/mol. The first-order chi connectivity index (χ1) is 9.74. The first-order valence-electron chi connectivity index (χ1n) is 6.53. The Labute approximate surface area is 123 Å². The topological polar surface area (TPSA) is 43.4 Å². The molecule has 0 aliphatic carbocycles. The van der Waals surface area contributed by atoms with E-state index in [1.54, 1.807) is 25.6 Å². The lowest BCUT2D eigenvalue weighted by Gasteiger charge is -2.21. The number of rotatable bonds is 7. The van der Waals surface area contributed by atoms with Gasteiger partial charge in [0, 0.05) is 31.7 Å². The minimum absolute atomic E-state index is 0.106. The van der Waals surface area contributed by atoms with Gasteiger partial charge in [-0.3, -0.25) is 0 Å². The smallest absolute Gasteiger partial charge is 0.171 e. The van der Waals surface area contributed by atoms with E-state index in [9.17, 15) is 0 Å². The highest BCUT2D eigenvalue weighted by molar-refractivity contribution is 7.09. The van der Waals surface area contributed by atoms with Crippen LogP contribution >= 0.6 is 11.3 Å². The van der Waals surface area contributed by atoms with Gasteiger partial charge in [-0.25, -0.2) is 4.98 Å². The summed E-state index contributed by atoms with van der Waals surface area (Å²) in [5.41, 5.74) is 2.17. The molecule has 0 amide bonds. The van der Waals surface area contributed by atoms with Crippen molar-refractivity contribution < 1.29 is 9.47 Å². The van der Waals surface area contributed by atoms with Crippen LogP contribution in [0.15, 0.2) is 35.7 Å². The molecule has 0 aliphatic heterocycles. The molecule has 1 unspecified atom stereocenters. The van der Waals surface area contributed by atoms with Crippen LogP contribution in [0.5, 0.6) is 0 Å². The molecule has 0 saturated carbocycles. The third-order valence-electron chi connectivity index (χ3n) is 3.07. The summed E-state index contributed by atoms with van der Waals surface area (Å²) in [4.78, 5) is 4.64. The molecule has 0 saturated heterocycles. The van der Waals surface area contributed by atoms with Crippen molar-refractivity contribution in [1.29, 1.82) is 0 Å². The first-order valence-corrected chi connectivity index (χ1v) is 7.41. The van der Waals surface area contributed by atoms with Crippen molar-refractivity contribution in [1.82, 2.24) is 10.3 Å². The number of nitrogens with one attached hydrogen (secondary N) is 1. The molecule has 1 aromatic heterocycles. The van der Waals surface area contributed by atoms with Gasteiger partial charge in [0.1, 0.15) is 5.01 Å². The van der Waals surface area contributed by atoms with Crippen LogP contribution < -0.4 is 5.32 Å². The Morgan fingerprint density at radius 3 is 2.55 bits per heavy atom. The second-order valence-corrected chi connectivity index (χ2v) is 5.44. The van der Waals surface area contributed by atoms with Crippen molar-refractivity contribution >= 4 is 11.3 Å². The monoisotopic (exact) mass is 292 g/mol. The van der Waals surface area contributed by atoms with E-state index in [1.807, 2.05) is 25.1 Å². The van der Waals surface area contributed by atoms with Crippen molar-refractivity contribution in [2.45, 2.75) is 25.8 Å². The molecule has 108 valence electrons. The zero-order chi connectivity index (χ0) is 14.4. The number of hydrogen-bond acceptors (Lipinski definition) is 5. The number of hydrogen-bond donors (Lipinski definition) is 1.